The van der Waals surface area contributed by atoms with E-state index in [0.717, 1.165) is 21.6 Å². The van der Waals surface area contributed by atoms with Gasteiger partial charge in [0.25, 0.3) is 0 Å². The maximum atomic E-state index is 14.3. The molecule has 3 aromatic heterocycles. The molecule has 1 saturated heterocycles. The van der Waals surface area contributed by atoms with Gasteiger partial charge in [0, 0.05) is 104 Å². The van der Waals surface area contributed by atoms with Crippen molar-refractivity contribution in [3.05, 3.63) is 90.0 Å². The minimum Gasteiger partial charge on any atom is -0.480 e. The topological polar surface area (TPSA) is 319 Å². The van der Waals surface area contributed by atoms with Crippen LogP contribution in [0.25, 0.3) is 0 Å². The van der Waals surface area contributed by atoms with Crippen LogP contribution in [0.5, 0.6) is 0 Å². The number of unbranched alkanes of at least 4 members (excludes halogenated alkanes) is 2. The lowest BCUT2D eigenvalue weighted by molar-refractivity contribution is -0.142. The molecule has 21 nitrogen and oxygen atoms in total. The van der Waals surface area contributed by atoms with E-state index in [4.69, 9.17) is 0 Å². The number of benzene rings is 1. The van der Waals surface area contributed by atoms with Crippen molar-refractivity contribution in [2.75, 3.05) is 24.3 Å². The molecule has 5 rings (SSSR count). The van der Waals surface area contributed by atoms with Crippen molar-refractivity contribution in [3.8, 4) is 0 Å². The highest BCUT2D eigenvalue weighted by Gasteiger charge is 2.38. The number of nitrogens with one attached hydrogen (secondary N) is 6. The number of thioether (sulfide) groups is 1. The Bertz CT molecular complexity index is 2390. The molecule has 0 aliphatic carbocycles. The van der Waals surface area contributed by atoms with E-state index in [2.05, 4.69) is 45.9 Å². The van der Waals surface area contributed by atoms with Gasteiger partial charge in [0.05, 0.1) is 54.8 Å². The van der Waals surface area contributed by atoms with Crippen LogP contribution in [0.1, 0.15) is 84.9 Å². The number of aromatic nitrogens is 6. The van der Waals surface area contributed by atoms with Crippen LogP contribution in [-0.4, -0.2) is 146 Å². The van der Waals surface area contributed by atoms with E-state index in [1.54, 1.807) is 30.5 Å². The molecule has 0 saturated carbocycles. The predicted octanol–water partition coefficient (Wildman–Crippen LogP) is 2.40. The Labute approximate surface area is 415 Å². The summed E-state index contributed by atoms with van der Waals surface area (Å²) in [6, 6.07) is 2.85. The third-order valence-electron chi connectivity index (χ3n) is 11.6. The zero-order valence-electron chi connectivity index (χ0n) is 38.7. The Morgan fingerprint density at radius 2 is 1.30 bits per heavy atom. The van der Waals surface area contributed by atoms with Crippen molar-refractivity contribution < 1.29 is 53.4 Å². The van der Waals surface area contributed by atoms with E-state index in [1.165, 1.54) is 61.2 Å². The third-order valence-corrected chi connectivity index (χ3v) is 14.9. The van der Waals surface area contributed by atoms with Gasteiger partial charge in [0.1, 0.15) is 6.04 Å². The number of hydrogen-bond acceptors (Lipinski definition) is 16. The third kappa shape index (κ3) is 17.1. The highest BCUT2D eigenvalue weighted by Crippen LogP contribution is 2.26. The number of carbonyl (C=O) groups is 9. The zero-order chi connectivity index (χ0) is 50.6. The Morgan fingerprint density at radius 3 is 1.81 bits per heavy atom. The number of H-pyrrole nitrogens is 3. The van der Waals surface area contributed by atoms with E-state index in [0.29, 0.717) is 54.0 Å². The van der Waals surface area contributed by atoms with Gasteiger partial charge in [-0.2, -0.15) is 11.8 Å². The first-order valence-corrected chi connectivity index (χ1v) is 26.3. The average Bonchev–Trinajstić information content (AvgIpc) is 4.20. The summed E-state index contributed by atoms with van der Waals surface area (Å²) in [4.78, 5) is 140. The summed E-state index contributed by atoms with van der Waals surface area (Å²) in [7, 11) is 2.21. The number of ketones is 3. The number of carboxylic acids is 1. The number of aliphatic hydroxyl groups is 1. The van der Waals surface area contributed by atoms with Gasteiger partial charge in [-0.15, -0.1) is 0 Å². The van der Waals surface area contributed by atoms with Crippen LogP contribution in [0.4, 0.5) is 0 Å². The fraction of sp³-hybridized carbons (Fsp3) is 0.478. The van der Waals surface area contributed by atoms with Crippen molar-refractivity contribution in [2.24, 2.45) is 11.8 Å². The number of aliphatic hydroxyl groups excluding tert-OH is 1. The molecule has 5 amide bonds. The number of carboxylic acid groups (broad SMARTS) is 1. The molecule has 0 spiro atoms. The number of imidazole rings is 3. The molecule has 6 unspecified atom stereocenters. The van der Waals surface area contributed by atoms with E-state index >= 15 is 0 Å². The summed E-state index contributed by atoms with van der Waals surface area (Å²) in [5.41, 5.74) is 2.50. The number of aliphatic carboxylic acids is 1. The number of rotatable bonds is 32. The fourth-order valence-electron chi connectivity index (χ4n) is 7.54. The summed E-state index contributed by atoms with van der Waals surface area (Å²) in [6.07, 6.45) is 11.8. The molecule has 376 valence electrons. The number of Topliss-reactive ketones (excluding diaryl/α,β-unsaturated/α-hetero) is 3. The molecule has 0 radical (unpaired) electrons. The molecule has 1 aliphatic heterocycles. The summed E-state index contributed by atoms with van der Waals surface area (Å²) in [5, 5.41) is 27.3. The van der Waals surface area contributed by atoms with Crippen molar-refractivity contribution in [3.63, 3.8) is 0 Å². The Balaban J connectivity index is 1.18. The van der Waals surface area contributed by atoms with Crippen LogP contribution in [0, 0.1) is 11.8 Å². The zero-order valence-corrected chi connectivity index (χ0v) is 41.2. The molecule has 4 aromatic rings. The van der Waals surface area contributed by atoms with Gasteiger partial charge in [-0.25, -0.2) is 19.7 Å². The van der Waals surface area contributed by atoms with Gasteiger partial charge >= 0.3 is 5.97 Å². The van der Waals surface area contributed by atoms with Crippen molar-refractivity contribution in [2.45, 2.75) is 101 Å². The number of imide groups is 1. The highest BCUT2D eigenvalue weighted by atomic mass is 33.1. The minimum atomic E-state index is -1.42. The Hall–Kier alpha value is -6.11. The summed E-state index contributed by atoms with van der Waals surface area (Å²) >= 11 is 1.35. The highest BCUT2D eigenvalue weighted by molar-refractivity contribution is 8.76. The normalized spacial score (nSPS) is 15.7. The number of nitrogens with zero attached hydrogens (tertiary/aromatic N) is 4. The second-order valence-corrected chi connectivity index (χ2v) is 20.4. The van der Waals surface area contributed by atoms with Gasteiger partial charge in [-0.1, -0.05) is 52.3 Å². The molecule has 1 aliphatic rings. The first-order valence-electron chi connectivity index (χ1n) is 22.6. The minimum absolute atomic E-state index is 0.0427. The SMILES string of the molecule is CSC1CC(=O)N(CCCCCC(=O)NC(CSSCC(NC(=O)C(CC(=O)C(Cc2cnc[nH]2)NC(=O)C(CC(=O)c2ccc(CO)cc2)Cc2cnc[nH]2)Cc2cnc[nH]2)C(=O)O)C(C)=O)C1=O. The molecule has 6 atom stereocenters. The lowest BCUT2D eigenvalue weighted by Crippen LogP contribution is -2.49. The maximum absolute atomic E-state index is 14.3. The molecule has 24 heteroatoms. The number of likely N-dealkylation sites (tertiary alicyclic amines) is 1. The van der Waals surface area contributed by atoms with Crippen LogP contribution in [0.3, 0.4) is 0 Å². The molecular weight excluding hydrogens is 965 g/mol. The van der Waals surface area contributed by atoms with E-state index in [9.17, 15) is 53.4 Å². The lowest BCUT2D eigenvalue weighted by atomic mass is 9.90. The largest absolute Gasteiger partial charge is 0.480 e. The number of amides is 5. The fourth-order valence-corrected chi connectivity index (χ4v) is 10.6. The standard InChI is InChI=1S/C46H58N10O11S3/c1-27(58)36(53-41(61)6-4-3-5-11-56-42(62)17-40(68-2)45(56)65)22-69-70-23-37(46(66)67)55-44(64)31(13-33-19-48-25-51-33)15-39(60)35(16-34-20-49-26-52-34)54-43(63)30(12-32-18-47-24-50-32)14-38(59)29-9-7-28(21-57)8-10-29/h7-10,18-20,24-26,30-31,35-37,40,57H,3-6,11-17,21-23H2,1-2H3,(H,47,50)(H,48,51)(H,49,52)(H,53,61)(H,54,63)(H,55,64)(H,66,67). The first kappa shape index (κ1) is 54.8. The van der Waals surface area contributed by atoms with Gasteiger partial charge in [-0.05, 0) is 31.6 Å². The van der Waals surface area contributed by atoms with Gasteiger partial charge in [-0.3, -0.25) is 43.3 Å². The number of aromatic amines is 3. The Morgan fingerprint density at radius 1 is 0.743 bits per heavy atom. The smallest absolute Gasteiger partial charge is 0.327 e. The Kier molecular flexibility index (Phi) is 21.9. The van der Waals surface area contributed by atoms with Crippen LogP contribution in [0.2, 0.25) is 0 Å². The number of carbonyl (C=O) groups excluding carboxylic acids is 8. The van der Waals surface area contributed by atoms with Crippen molar-refractivity contribution >= 4 is 86.2 Å². The second-order valence-electron chi connectivity index (χ2n) is 16.8. The second kappa shape index (κ2) is 27.9. The summed E-state index contributed by atoms with van der Waals surface area (Å²) in [6.45, 7) is 1.41. The van der Waals surface area contributed by atoms with Crippen LogP contribution < -0.4 is 16.0 Å². The van der Waals surface area contributed by atoms with Gasteiger partial charge in [0.15, 0.2) is 17.3 Å². The summed E-state index contributed by atoms with van der Waals surface area (Å²) in [5.74, 6) is -6.78. The molecule has 0 bridgehead atoms. The molecular formula is C46H58N10O11S3. The predicted molar refractivity (Wildman–Crippen MR) is 261 cm³/mol. The van der Waals surface area contributed by atoms with Crippen LogP contribution in [-0.2, 0) is 64.2 Å². The molecule has 8 N–H and O–H groups in total. The molecule has 4 heterocycles. The first-order chi connectivity index (χ1) is 33.6. The van der Waals surface area contributed by atoms with Crippen LogP contribution in [0.15, 0.2) is 61.8 Å². The number of hydrogen-bond donors (Lipinski definition) is 8. The van der Waals surface area contributed by atoms with E-state index in [1.807, 2.05) is 0 Å². The van der Waals surface area contributed by atoms with Crippen molar-refractivity contribution in [1.29, 1.82) is 0 Å². The van der Waals surface area contributed by atoms with Gasteiger partial charge < -0.3 is 41.1 Å². The average molecular weight is 1020 g/mol. The molecule has 1 fully saturated rings. The maximum Gasteiger partial charge on any atom is 0.327 e. The lowest BCUT2D eigenvalue weighted by Gasteiger charge is -2.24. The van der Waals surface area contributed by atoms with Crippen LogP contribution >= 0.6 is 33.3 Å². The molecule has 70 heavy (non-hydrogen) atoms. The molecule has 1 aromatic carbocycles. The van der Waals surface area contributed by atoms with Gasteiger partial charge in [0.2, 0.25) is 29.5 Å². The quantitative estimate of drug-likeness (QED) is 0.0151. The van der Waals surface area contributed by atoms with Crippen molar-refractivity contribution in [1.82, 2.24) is 50.8 Å². The monoisotopic (exact) mass is 1020 g/mol. The van der Waals surface area contributed by atoms with E-state index in [-0.39, 0.29) is 91.2 Å². The van der Waals surface area contributed by atoms with E-state index < -0.39 is 59.9 Å². The summed E-state index contributed by atoms with van der Waals surface area (Å²) < 4.78 is 0.